The summed E-state index contributed by atoms with van der Waals surface area (Å²) < 4.78 is 12.5. The molecule has 1 saturated heterocycles. The summed E-state index contributed by atoms with van der Waals surface area (Å²) in [6.45, 7) is 0.511. The van der Waals surface area contributed by atoms with Crippen LogP contribution in [0.5, 0.6) is 5.75 Å². The van der Waals surface area contributed by atoms with Crippen molar-refractivity contribution in [3.05, 3.63) is 45.4 Å². The molecule has 0 spiro atoms. The van der Waals surface area contributed by atoms with Gasteiger partial charge in [-0.2, -0.15) is 0 Å². The fraction of sp³-hybridized carbons (Fsp3) is 0.609. The van der Waals surface area contributed by atoms with Crippen molar-refractivity contribution in [3.63, 3.8) is 0 Å². The average Bonchev–Trinajstić information content (AvgIpc) is 3.35. The average molecular weight is 416 g/mol. The van der Waals surface area contributed by atoms with Gasteiger partial charge in [-0.25, -0.2) is 4.98 Å². The van der Waals surface area contributed by atoms with Crippen LogP contribution in [0.1, 0.15) is 60.0 Å². The summed E-state index contributed by atoms with van der Waals surface area (Å²) in [5, 5.41) is 22.8. The number of fused-ring (bicyclic) bond motifs is 2. The van der Waals surface area contributed by atoms with Crippen LogP contribution < -0.4 is 4.74 Å². The molecule has 156 valence electrons. The van der Waals surface area contributed by atoms with Crippen LogP contribution in [0, 0.1) is 11.8 Å². The van der Waals surface area contributed by atoms with Gasteiger partial charge in [-0.3, -0.25) is 0 Å². The second kappa shape index (κ2) is 8.34. The number of hydrogen-bond acceptors (Lipinski definition) is 6. The molecule has 0 radical (unpaired) electrons. The Hall–Kier alpha value is -1.47. The zero-order valence-corrected chi connectivity index (χ0v) is 17.4. The summed E-state index contributed by atoms with van der Waals surface area (Å²) in [4.78, 5) is 4.47. The Morgan fingerprint density at radius 1 is 1.17 bits per heavy atom. The van der Waals surface area contributed by atoms with E-state index in [4.69, 9.17) is 9.47 Å². The van der Waals surface area contributed by atoms with E-state index in [9.17, 15) is 10.2 Å². The van der Waals surface area contributed by atoms with E-state index >= 15 is 0 Å². The molecular formula is C23H29NO4S. The number of thiazole rings is 1. The number of aryl methyl sites for hydroxylation is 2. The third-order valence-electron chi connectivity index (χ3n) is 6.87. The van der Waals surface area contributed by atoms with E-state index in [2.05, 4.69) is 23.2 Å². The molecule has 2 aromatic rings. The number of aromatic nitrogens is 1. The largest absolute Gasteiger partial charge is 0.493 e. The summed E-state index contributed by atoms with van der Waals surface area (Å²) in [7, 11) is 0. The van der Waals surface area contributed by atoms with Crippen LogP contribution in [0.3, 0.4) is 0 Å². The molecule has 3 aliphatic rings. The van der Waals surface area contributed by atoms with E-state index in [0.29, 0.717) is 24.6 Å². The number of ether oxygens (including phenoxy) is 2. The SMILES string of the molecule is OCc1csc([C@H]2CC[C@@H]3[C@@H](COc4ccc5c(c4)CCCC5)[C@@H](O)C[C@@H]3O2)n1. The molecule has 1 aliphatic heterocycles. The van der Waals surface area contributed by atoms with Gasteiger partial charge in [0, 0.05) is 17.7 Å². The topological polar surface area (TPSA) is 71.8 Å². The van der Waals surface area contributed by atoms with Gasteiger partial charge in [-0.1, -0.05) is 6.07 Å². The Morgan fingerprint density at radius 2 is 2.03 bits per heavy atom. The van der Waals surface area contributed by atoms with Crippen molar-refractivity contribution >= 4 is 11.3 Å². The Kier molecular flexibility index (Phi) is 5.61. The van der Waals surface area contributed by atoms with E-state index in [1.807, 2.05) is 5.38 Å². The lowest BCUT2D eigenvalue weighted by atomic mass is 9.87. The van der Waals surface area contributed by atoms with Crippen LogP contribution in [-0.4, -0.2) is 34.0 Å². The Balaban J connectivity index is 1.21. The third-order valence-corrected chi connectivity index (χ3v) is 7.85. The number of nitrogens with zero attached hydrogens (tertiary/aromatic N) is 1. The lowest BCUT2D eigenvalue weighted by Gasteiger charge is -2.33. The van der Waals surface area contributed by atoms with Crippen molar-refractivity contribution in [2.45, 2.75) is 69.9 Å². The van der Waals surface area contributed by atoms with Crippen LogP contribution in [0.2, 0.25) is 0 Å². The predicted octanol–water partition coefficient (Wildman–Crippen LogP) is 3.81. The van der Waals surface area contributed by atoms with Crippen molar-refractivity contribution in [1.82, 2.24) is 4.98 Å². The third kappa shape index (κ3) is 3.96. The standard InChI is InChI=1S/C23H29NO4S/c25-11-16-13-29-23(24-16)21-8-7-18-19(20(26)10-22(18)28-21)12-27-17-6-5-14-3-1-2-4-15(14)9-17/h5-6,9,13,18-22,25-26H,1-4,7-8,10-12H2/t18-,19-,20+,21-,22+/m1/s1. The molecule has 2 aliphatic carbocycles. The second-order valence-electron chi connectivity index (χ2n) is 8.66. The summed E-state index contributed by atoms with van der Waals surface area (Å²) in [5.74, 6) is 1.37. The van der Waals surface area contributed by atoms with Crippen LogP contribution in [-0.2, 0) is 24.2 Å². The summed E-state index contributed by atoms with van der Waals surface area (Å²) in [6, 6.07) is 6.49. The highest BCUT2D eigenvalue weighted by molar-refractivity contribution is 7.09. The second-order valence-corrected chi connectivity index (χ2v) is 9.54. The van der Waals surface area contributed by atoms with Gasteiger partial charge in [0.25, 0.3) is 0 Å². The molecule has 5 atom stereocenters. The molecule has 0 amide bonds. The molecule has 1 aromatic carbocycles. The first-order valence-corrected chi connectivity index (χ1v) is 11.7. The van der Waals surface area contributed by atoms with E-state index in [1.165, 1.54) is 30.4 Å². The molecule has 1 aromatic heterocycles. The Bertz CT molecular complexity index is 853. The maximum absolute atomic E-state index is 10.7. The fourth-order valence-corrected chi connectivity index (χ4v) is 6.16. The normalized spacial score (nSPS) is 31.3. The predicted molar refractivity (Wildman–Crippen MR) is 111 cm³/mol. The van der Waals surface area contributed by atoms with Crippen LogP contribution in [0.15, 0.2) is 23.6 Å². The zero-order chi connectivity index (χ0) is 19.8. The number of aliphatic hydroxyl groups is 2. The van der Waals surface area contributed by atoms with Crippen molar-refractivity contribution in [3.8, 4) is 5.75 Å². The van der Waals surface area contributed by atoms with Gasteiger partial charge in [0.05, 0.1) is 31.1 Å². The molecule has 0 bridgehead atoms. The number of rotatable bonds is 5. The molecule has 1 saturated carbocycles. The summed E-state index contributed by atoms with van der Waals surface area (Å²) in [6.07, 6.45) is 7.11. The van der Waals surface area contributed by atoms with Gasteiger partial charge in [-0.15, -0.1) is 11.3 Å². The van der Waals surface area contributed by atoms with Gasteiger partial charge >= 0.3 is 0 Å². The molecule has 2 N–H and O–H groups in total. The van der Waals surface area contributed by atoms with Crippen molar-refractivity contribution < 1.29 is 19.7 Å². The number of hydrogen-bond donors (Lipinski definition) is 2. The molecule has 5 nitrogen and oxygen atoms in total. The zero-order valence-electron chi connectivity index (χ0n) is 16.6. The van der Waals surface area contributed by atoms with Gasteiger partial charge in [0.15, 0.2) is 0 Å². The number of benzene rings is 1. The quantitative estimate of drug-likeness (QED) is 0.777. The number of aliphatic hydroxyl groups excluding tert-OH is 2. The molecular weight excluding hydrogens is 386 g/mol. The summed E-state index contributed by atoms with van der Waals surface area (Å²) in [5.41, 5.74) is 3.59. The Morgan fingerprint density at radius 3 is 2.86 bits per heavy atom. The van der Waals surface area contributed by atoms with Crippen LogP contribution in [0.4, 0.5) is 0 Å². The maximum atomic E-state index is 10.7. The van der Waals surface area contributed by atoms with E-state index in [0.717, 1.165) is 30.0 Å². The first kappa shape index (κ1) is 19.5. The van der Waals surface area contributed by atoms with E-state index < -0.39 is 0 Å². The van der Waals surface area contributed by atoms with E-state index in [-0.39, 0.29) is 30.8 Å². The molecule has 6 heteroatoms. The summed E-state index contributed by atoms with van der Waals surface area (Å²) >= 11 is 1.55. The Labute approximate surface area is 175 Å². The highest BCUT2D eigenvalue weighted by Gasteiger charge is 2.47. The maximum Gasteiger partial charge on any atom is 0.122 e. The van der Waals surface area contributed by atoms with Crippen molar-refractivity contribution in [2.75, 3.05) is 6.61 Å². The van der Waals surface area contributed by atoms with Crippen molar-refractivity contribution in [1.29, 1.82) is 0 Å². The lowest BCUT2D eigenvalue weighted by Crippen LogP contribution is -2.33. The molecule has 2 fully saturated rings. The van der Waals surface area contributed by atoms with Crippen LogP contribution in [0.25, 0.3) is 0 Å². The fourth-order valence-electron chi connectivity index (χ4n) is 5.28. The van der Waals surface area contributed by atoms with Gasteiger partial charge < -0.3 is 19.7 Å². The molecule has 29 heavy (non-hydrogen) atoms. The van der Waals surface area contributed by atoms with Crippen LogP contribution >= 0.6 is 11.3 Å². The van der Waals surface area contributed by atoms with Gasteiger partial charge in [0.2, 0.25) is 0 Å². The monoisotopic (exact) mass is 415 g/mol. The van der Waals surface area contributed by atoms with E-state index in [1.54, 1.807) is 11.3 Å². The molecule has 0 unspecified atom stereocenters. The first-order chi connectivity index (χ1) is 14.2. The minimum Gasteiger partial charge on any atom is -0.493 e. The smallest absolute Gasteiger partial charge is 0.122 e. The highest BCUT2D eigenvalue weighted by atomic mass is 32.1. The minimum atomic E-state index is -0.384. The molecule has 5 rings (SSSR count). The molecule has 2 heterocycles. The van der Waals surface area contributed by atoms with Gasteiger partial charge in [-0.05, 0) is 67.7 Å². The highest BCUT2D eigenvalue weighted by Crippen LogP contribution is 2.46. The van der Waals surface area contributed by atoms with Gasteiger partial charge in [0.1, 0.15) is 16.9 Å². The minimum absolute atomic E-state index is 0.0194. The van der Waals surface area contributed by atoms with Crippen molar-refractivity contribution in [2.24, 2.45) is 11.8 Å². The lowest BCUT2D eigenvalue weighted by molar-refractivity contribution is -0.0812. The first-order valence-electron chi connectivity index (χ1n) is 10.8.